The molecule has 8 heteroatoms. The summed E-state index contributed by atoms with van der Waals surface area (Å²) in [5, 5.41) is 10.5. The first kappa shape index (κ1) is 28.6. The summed E-state index contributed by atoms with van der Waals surface area (Å²) in [4.78, 5) is 16.6. The highest BCUT2D eigenvalue weighted by atomic mass is 32.2. The van der Waals surface area contributed by atoms with Gasteiger partial charge in [0.1, 0.15) is 22.8 Å². The smallest absolute Gasteiger partial charge is 0.261 e. The number of rotatable bonds is 8. The van der Waals surface area contributed by atoms with Gasteiger partial charge < -0.3 is 9.72 Å². The van der Waals surface area contributed by atoms with Crippen LogP contribution in [0, 0.1) is 33.6 Å². The lowest BCUT2D eigenvalue weighted by molar-refractivity contribution is -0.134. The summed E-state index contributed by atoms with van der Waals surface area (Å²) < 4.78 is 21.3. The Hall–Kier alpha value is -2.68. The molecule has 0 aliphatic carbocycles. The maximum Gasteiger partial charge on any atom is 0.261 e. The average Bonchev–Trinajstić information content (AvgIpc) is 3.21. The van der Waals surface area contributed by atoms with Crippen molar-refractivity contribution >= 4 is 27.8 Å². The molecule has 35 heavy (non-hydrogen) atoms. The summed E-state index contributed by atoms with van der Waals surface area (Å²) in [5.41, 5.74) is 7.43. The number of fused-ring (bicyclic) bond motifs is 1. The number of carbonyl (C=O) groups is 1. The van der Waals surface area contributed by atoms with Gasteiger partial charge >= 0.3 is 0 Å². The second-order valence-electron chi connectivity index (χ2n) is 8.82. The minimum Gasteiger partial charge on any atom is -0.496 e. The van der Waals surface area contributed by atoms with E-state index in [0.717, 1.165) is 44.5 Å². The number of hydrogen-bond donors (Lipinski definition) is 3. The van der Waals surface area contributed by atoms with Crippen LogP contribution in [0.2, 0.25) is 0 Å². The molecule has 0 fully saturated rings. The maximum absolute atomic E-state index is 14.1. The van der Waals surface area contributed by atoms with Gasteiger partial charge in [-0.1, -0.05) is 33.8 Å². The van der Waals surface area contributed by atoms with Gasteiger partial charge in [0, 0.05) is 23.6 Å². The zero-order valence-corrected chi connectivity index (χ0v) is 23.1. The third-order valence-electron chi connectivity index (χ3n) is 6.20. The minimum absolute atomic E-state index is 0.196. The minimum atomic E-state index is -1.67. The third-order valence-corrected chi connectivity index (χ3v) is 7.96. The van der Waals surface area contributed by atoms with Gasteiger partial charge in [0.05, 0.1) is 12.0 Å². The van der Waals surface area contributed by atoms with E-state index in [-0.39, 0.29) is 12.5 Å². The molecular formula is C27H39N3O4S. The second kappa shape index (κ2) is 12.3. The molecule has 0 bridgehead atoms. The van der Waals surface area contributed by atoms with Crippen LogP contribution in [-0.4, -0.2) is 37.8 Å². The first-order chi connectivity index (χ1) is 16.6. The molecule has 1 aromatic heterocycles. The fourth-order valence-electron chi connectivity index (χ4n) is 4.30. The molecular weight excluding hydrogens is 462 g/mol. The largest absolute Gasteiger partial charge is 0.496 e. The van der Waals surface area contributed by atoms with Gasteiger partial charge in [-0.3, -0.25) is 10.0 Å². The van der Waals surface area contributed by atoms with Crippen LogP contribution in [0.3, 0.4) is 0 Å². The van der Waals surface area contributed by atoms with E-state index in [2.05, 4.69) is 11.1 Å². The number of amides is 1. The van der Waals surface area contributed by atoms with Crippen LogP contribution in [0.5, 0.6) is 5.75 Å². The number of aromatic nitrogens is 1. The highest BCUT2D eigenvalue weighted by Crippen LogP contribution is 2.33. The Labute approximate surface area is 211 Å². The Morgan fingerprint density at radius 3 is 2.34 bits per heavy atom. The molecule has 7 nitrogen and oxygen atoms in total. The van der Waals surface area contributed by atoms with Crippen molar-refractivity contribution < 1.29 is 18.9 Å². The van der Waals surface area contributed by atoms with Crippen molar-refractivity contribution in [2.24, 2.45) is 5.92 Å². The number of benzene rings is 2. The molecule has 192 valence electrons. The SMILES string of the molecule is CC.COc1cc(C)c(S(=O)N(Cc2ccc3[nH]cc(C)c3c2)[C@@H](C(=O)NO)C(C)C)c(C)c1C. The molecule has 0 aliphatic heterocycles. The number of ether oxygens (including phenoxy) is 1. The number of nitrogens with zero attached hydrogens (tertiary/aromatic N) is 1. The van der Waals surface area contributed by atoms with Gasteiger partial charge in [-0.25, -0.2) is 14.0 Å². The van der Waals surface area contributed by atoms with Crippen molar-refractivity contribution in [3.8, 4) is 5.75 Å². The molecule has 0 spiro atoms. The van der Waals surface area contributed by atoms with Crippen LogP contribution < -0.4 is 10.2 Å². The summed E-state index contributed by atoms with van der Waals surface area (Å²) in [6.07, 6.45) is 1.95. The lowest BCUT2D eigenvalue weighted by Crippen LogP contribution is -2.49. The van der Waals surface area contributed by atoms with E-state index < -0.39 is 22.9 Å². The molecule has 3 aromatic rings. The average molecular weight is 502 g/mol. The molecule has 1 heterocycles. The fraction of sp³-hybridized carbons (Fsp3) is 0.444. The molecule has 0 aliphatic rings. The number of H-pyrrole nitrogens is 1. The predicted molar refractivity (Wildman–Crippen MR) is 142 cm³/mol. The van der Waals surface area contributed by atoms with Crippen molar-refractivity contribution in [1.29, 1.82) is 0 Å². The Bertz CT molecular complexity index is 1200. The normalized spacial score (nSPS) is 12.9. The topological polar surface area (TPSA) is 94.7 Å². The summed E-state index contributed by atoms with van der Waals surface area (Å²) in [7, 11) is -0.0549. The van der Waals surface area contributed by atoms with E-state index in [9.17, 15) is 14.2 Å². The molecule has 2 atom stereocenters. The number of methoxy groups -OCH3 is 1. The predicted octanol–water partition coefficient (Wildman–Crippen LogP) is 5.49. The van der Waals surface area contributed by atoms with Crippen molar-refractivity contribution in [1.82, 2.24) is 14.8 Å². The van der Waals surface area contributed by atoms with Crippen LogP contribution >= 0.6 is 0 Å². The van der Waals surface area contributed by atoms with Gasteiger partial charge in [0.15, 0.2) is 0 Å². The Morgan fingerprint density at radius 1 is 1.11 bits per heavy atom. The molecule has 0 saturated carbocycles. The first-order valence-electron chi connectivity index (χ1n) is 11.9. The number of aryl methyl sites for hydroxylation is 2. The number of hydrogen-bond acceptors (Lipinski definition) is 4. The van der Waals surface area contributed by atoms with Crippen molar-refractivity contribution in [2.75, 3.05) is 7.11 Å². The van der Waals surface area contributed by atoms with Gasteiger partial charge in [0.2, 0.25) is 0 Å². The van der Waals surface area contributed by atoms with Crippen LogP contribution in [0.1, 0.15) is 55.5 Å². The van der Waals surface area contributed by atoms with Crippen molar-refractivity contribution in [2.45, 2.75) is 72.9 Å². The van der Waals surface area contributed by atoms with Crippen LogP contribution in [0.15, 0.2) is 35.4 Å². The van der Waals surface area contributed by atoms with E-state index >= 15 is 0 Å². The van der Waals surface area contributed by atoms with E-state index in [1.165, 1.54) is 0 Å². The molecule has 1 amide bonds. The fourth-order valence-corrected chi connectivity index (χ4v) is 6.09. The van der Waals surface area contributed by atoms with Gasteiger partial charge in [-0.15, -0.1) is 0 Å². The van der Waals surface area contributed by atoms with Gasteiger partial charge in [0.25, 0.3) is 5.91 Å². The monoisotopic (exact) mass is 501 g/mol. The molecule has 1 unspecified atom stereocenters. The van der Waals surface area contributed by atoms with E-state index in [1.54, 1.807) is 16.9 Å². The van der Waals surface area contributed by atoms with E-state index in [0.29, 0.717) is 4.90 Å². The molecule has 2 aromatic carbocycles. The van der Waals surface area contributed by atoms with Crippen molar-refractivity contribution in [3.05, 3.63) is 58.3 Å². The van der Waals surface area contributed by atoms with Gasteiger partial charge in [-0.2, -0.15) is 0 Å². The Kier molecular flexibility index (Phi) is 10.1. The molecule has 0 radical (unpaired) electrons. The standard InChI is InChI=1S/C25H33N3O4S.C2H6/c1-14(2)23(25(29)27-30)28(13-19-8-9-21-20(11-19)16(4)12-26-21)33(31)24-15(3)10-22(32-7)17(5)18(24)6;1-2/h8-12,14,23,26,30H,13H2,1-7H3,(H,27,29);1-2H3/t23-,33?;/m1./s1. The third kappa shape index (κ3) is 5.94. The van der Waals surface area contributed by atoms with Crippen molar-refractivity contribution in [3.63, 3.8) is 0 Å². The summed E-state index contributed by atoms with van der Waals surface area (Å²) in [6, 6.07) is 7.08. The lowest BCUT2D eigenvalue weighted by Gasteiger charge is -2.32. The Morgan fingerprint density at radius 2 is 1.77 bits per heavy atom. The highest BCUT2D eigenvalue weighted by molar-refractivity contribution is 7.82. The Balaban J connectivity index is 0.00000210. The molecule has 0 saturated heterocycles. The van der Waals surface area contributed by atoms with E-state index in [1.807, 2.05) is 79.8 Å². The molecule has 3 rings (SSSR count). The highest BCUT2D eigenvalue weighted by Gasteiger charge is 2.35. The van der Waals surface area contributed by atoms with Crippen LogP contribution in [0.25, 0.3) is 10.9 Å². The summed E-state index contributed by atoms with van der Waals surface area (Å²) in [6.45, 7) is 15.8. The maximum atomic E-state index is 14.1. The van der Waals surface area contributed by atoms with Crippen LogP contribution in [0.4, 0.5) is 0 Å². The zero-order chi connectivity index (χ0) is 26.4. The number of hydroxylamine groups is 1. The number of nitrogens with one attached hydrogen (secondary N) is 2. The van der Waals surface area contributed by atoms with Crippen LogP contribution in [-0.2, 0) is 22.3 Å². The summed E-state index contributed by atoms with van der Waals surface area (Å²) >= 11 is 0. The lowest BCUT2D eigenvalue weighted by atomic mass is 10.0. The van der Waals surface area contributed by atoms with Gasteiger partial charge in [-0.05, 0) is 79.6 Å². The number of aromatic amines is 1. The number of carbonyl (C=O) groups excluding carboxylic acids is 1. The zero-order valence-electron chi connectivity index (χ0n) is 22.3. The van der Waals surface area contributed by atoms with E-state index in [4.69, 9.17) is 4.74 Å². The molecule has 3 N–H and O–H groups in total. The summed E-state index contributed by atoms with van der Waals surface area (Å²) in [5.74, 6) is -0.0456. The first-order valence-corrected chi connectivity index (χ1v) is 13.0. The quantitative estimate of drug-likeness (QED) is 0.281. The second-order valence-corrected chi connectivity index (χ2v) is 10.2.